The van der Waals surface area contributed by atoms with Gasteiger partial charge in [-0.2, -0.15) is 0 Å². The van der Waals surface area contributed by atoms with Crippen molar-refractivity contribution in [2.24, 2.45) is 0 Å². The molecule has 0 radical (unpaired) electrons. The molecule has 2 atom stereocenters. The van der Waals surface area contributed by atoms with E-state index in [0.717, 1.165) is 25.0 Å². The van der Waals surface area contributed by atoms with Crippen molar-refractivity contribution in [3.05, 3.63) is 11.6 Å². The van der Waals surface area contributed by atoms with Crippen LogP contribution in [-0.4, -0.2) is 24.5 Å². The standard InChI is InChI=1S/C11H20N2O/c1-8(2)7-11(14)13-10-5-4-6-12-9(10)3/h7,9-10,12H,4-6H2,1-3H3,(H,13,14). The Morgan fingerprint density at radius 1 is 1.50 bits per heavy atom. The monoisotopic (exact) mass is 196 g/mol. The van der Waals surface area contributed by atoms with Gasteiger partial charge in [0.2, 0.25) is 5.91 Å². The van der Waals surface area contributed by atoms with Crippen LogP contribution in [0.15, 0.2) is 11.6 Å². The van der Waals surface area contributed by atoms with Gasteiger partial charge in [0.15, 0.2) is 0 Å². The zero-order valence-electron chi connectivity index (χ0n) is 9.26. The molecule has 2 N–H and O–H groups in total. The summed E-state index contributed by atoms with van der Waals surface area (Å²) in [6.45, 7) is 7.05. The number of rotatable bonds is 2. The number of hydrogen-bond acceptors (Lipinski definition) is 2. The minimum atomic E-state index is 0.0329. The molecule has 0 aromatic heterocycles. The molecule has 1 heterocycles. The highest BCUT2D eigenvalue weighted by Crippen LogP contribution is 2.08. The van der Waals surface area contributed by atoms with Gasteiger partial charge in [0.1, 0.15) is 0 Å². The molecule has 1 rings (SSSR count). The third-order valence-electron chi connectivity index (χ3n) is 2.51. The van der Waals surface area contributed by atoms with E-state index in [0.29, 0.717) is 6.04 Å². The molecule has 1 amide bonds. The molecule has 1 saturated heterocycles. The average Bonchev–Trinajstić information content (AvgIpc) is 2.07. The van der Waals surface area contributed by atoms with Gasteiger partial charge in [0.05, 0.1) is 0 Å². The molecule has 3 nitrogen and oxygen atoms in total. The van der Waals surface area contributed by atoms with Crippen molar-refractivity contribution >= 4 is 5.91 Å². The number of nitrogens with one attached hydrogen (secondary N) is 2. The summed E-state index contributed by atoms with van der Waals surface area (Å²) in [5.74, 6) is 0.0329. The first-order valence-electron chi connectivity index (χ1n) is 5.28. The van der Waals surface area contributed by atoms with Crippen LogP contribution in [0.25, 0.3) is 0 Å². The van der Waals surface area contributed by atoms with Gasteiger partial charge in [0, 0.05) is 18.2 Å². The molecule has 0 spiro atoms. The molecular formula is C11H20N2O. The predicted octanol–water partition coefficient (Wildman–Crippen LogP) is 1.21. The zero-order valence-corrected chi connectivity index (χ0v) is 9.26. The Labute approximate surface area is 86.0 Å². The van der Waals surface area contributed by atoms with Crippen LogP contribution in [0.1, 0.15) is 33.6 Å². The van der Waals surface area contributed by atoms with E-state index >= 15 is 0 Å². The van der Waals surface area contributed by atoms with Crippen molar-refractivity contribution in [2.45, 2.75) is 45.7 Å². The highest BCUT2D eigenvalue weighted by molar-refractivity contribution is 5.88. The van der Waals surface area contributed by atoms with Gasteiger partial charge in [-0.05, 0) is 40.2 Å². The predicted molar refractivity (Wildman–Crippen MR) is 58.1 cm³/mol. The quantitative estimate of drug-likeness (QED) is 0.652. The number of allylic oxidation sites excluding steroid dienone is 1. The van der Waals surface area contributed by atoms with Crippen molar-refractivity contribution < 1.29 is 4.79 Å². The third kappa shape index (κ3) is 3.50. The summed E-state index contributed by atoms with van der Waals surface area (Å²) < 4.78 is 0. The second kappa shape index (κ2) is 5.15. The van der Waals surface area contributed by atoms with Crippen molar-refractivity contribution in [3.8, 4) is 0 Å². The first-order chi connectivity index (χ1) is 6.59. The van der Waals surface area contributed by atoms with E-state index in [-0.39, 0.29) is 11.9 Å². The van der Waals surface area contributed by atoms with Gasteiger partial charge in [-0.15, -0.1) is 0 Å². The molecule has 0 aliphatic carbocycles. The lowest BCUT2D eigenvalue weighted by Crippen LogP contribution is -2.51. The van der Waals surface area contributed by atoms with Crippen LogP contribution in [0.5, 0.6) is 0 Å². The molecule has 2 unspecified atom stereocenters. The molecule has 1 fully saturated rings. The second-order valence-electron chi connectivity index (χ2n) is 4.22. The van der Waals surface area contributed by atoms with Crippen LogP contribution in [0.2, 0.25) is 0 Å². The van der Waals surface area contributed by atoms with E-state index in [2.05, 4.69) is 17.6 Å². The molecule has 14 heavy (non-hydrogen) atoms. The number of hydrogen-bond donors (Lipinski definition) is 2. The van der Waals surface area contributed by atoms with Crippen molar-refractivity contribution in [3.63, 3.8) is 0 Å². The van der Waals surface area contributed by atoms with Crippen molar-refractivity contribution in [2.75, 3.05) is 6.54 Å². The molecule has 0 aromatic rings. The fraction of sp³-hybridized carbons (Fsp3) is 0.727. The lowest BCUT2D eigenvalue weighted by molar-refractivity contribution is -0.117. The molecule has 0 saturated carbocycles. The van der Waals surface area contributed by atoms with Gasteiger partial charge in [-0.1, -0.05) is 5.57 Å². The average molecular weight is 196 g/mol. The Kier molecular flexibility index (Phi) is 4.14. The third-order valence-corrected chi connectivity index (χ3v) is 2.51. The molecule has 0 aromatic carbocycles. The Morgan fingerprint density at radius 2 is 2.21 bits per heavy atom. The van der Waals surface area contributed by atoms with Gasteiger partial charge in [-0.3, -0.25) is 4.79 Å². The molecule has 1 aliphatic heterocycles. The lowest BCUT2D eigenvalue weighted by atomic mass is 10.00. The van der Waals surface area contributed by atoms with Gasteiger partial charge < -0.3 is 10.6 Å². The van der Waals surface area contributed by atoms with Gasteiger partial charge in [-0.25, -0.2) is 0 Å². The number of amides is 1. The molecule has 0 bridgehead atoms. The topological polar surface area (TPSA) is 41.1 Å². The Morgan fingerprint density at radius 3 is 2.79 bits per heavy atom. The smallest absolute Gasteiger partial charge is 0.244 e. The number of carbonyl (C=O) groups is 1. The normalized spacial score (nSPS) is 26.8. The SMILES string of the molecule is CC(C)=CC(=O)NC1CCCNC1C. The summed E-state index contributed by atoms with van der Waals surface area (Å²) in [4.78, 5) is 11.5. The van der Waals surface area contributed by atoms with E-state index in [4.69, 9.17) is 0 Å². The Hall–Kier alpha value is -0.830. The largest absolute Gasteiger partial charge is 0.348 e. The first kappa shape index (κ1) is 11.2. The summed E-state index contributed by atoms with van der Waals surface area (Å²) >= 11 is 0. The van der Waals surface area contributed by atoms with E-state index in [1.54, 1.807) is 6.08 Å². The van der Waals surface area contributed by atoms with Crippen LogP contribution >= 0.6 is 0 Å². The molecule has 1 aliphatic rings. The van der Waals surface area contributed by atoms with Crippen molar-refractivity contribution in [1.82, 2.24) is 10.6 Å². The van der Waals surface area contributed by atoms with Crippen LogP contribution in [0.4, 0.5) is 0 Å². The second-order valence-corrected chi connectivity index (χ2v) is 4.22. The maximum absolute atomic E-state index is 11.5. The maximum atomic E-state index is 11.5. The Bertz CT molecular complexity index is 231. The highest BCUT2D eigenvalue weighted by atomic mass is 16.1. The van der Waals surface area contributed by atoms with Gasteiger partial charge >= 0.3 is 0 Å². The summed E-state index contributed by atoms with van der Waals surface area (Å²) in [5.41, 5.74) is 1.04. The minimum Gasteiger partial charge on any atom is -0.348 e. The zero-order chi connectivity index (χ0) is 10.6. The first-order valence-corrected chi connectivity index (χ1v) is 5.28. The summed E-state index contributed by atoms with van der Waals surface area (Å²) in [6.07, 6.45) is 3.88. The number of piperidine rings is 1. The van der Waals surface area contributed by atoms with Crippen LogP contribution in [0, 0.1) is 0 Å². The lowest BCUT2D eigenvalue weighted by Gasteiger charge is -2.30. The summed E-state index contributed by atoms with van der Waals surface area (Å²) in [6, 6.07) is 0.671. The fourth-order valence-electron chi connectivity index (χ4n) is 1.73. The van der Waals surface area contributed by atoms with E-state index < -0.39 is 0 Å². The minimum absolute atomic E-state index is 0.0329. The number of carbonyl (C=O) groups excluding carboxylic acids is 1. The maximum Gasteiger partial charge on any atom is 0.244 e. The van der Waals surface area contributed by atoms with Crippen LogP contribution in [0.3, 0.4) is 0 Å². The highest BCUT2D eigenvalue weighted by Gasteiger charge is 2.21. The van der Waals surface area contributed by atoms with E-state index in [9.17, 15) is 4.79 Å². The molecule has 80 valence electrons. The van der Waals surface area contributed by atoms with Crippen molar-refractivity contribution in [1.29, 1.82) is 0 Å². The van der Waals surface area contributed by atoms with Gasteiger partial charge in [0.25, 0.3) is 0 Å². The summed E-state index contributed by atoms with van der Waals surface area (Å²) in [7, 11) is 0. The van der Waals surface area contributed by atoms with E-state index in [1.807, 2.05) is 13.8 Å². The fourth-order valence-corrected chi connectivity index (χ4v) is 1.73. The van der Waals surface area contributed by atoms with E-state index in [1.165, 1.54) is 0 Å². The molecule has 3 heteroatoms. The van der Waals surface area contributed by atoms with Crippen LogP contribution in [-0.2, 0) is 4.79 Å². The van der Waals surface area contributed by atoms with Crippen LogP contribution < -0.4 is 10.6 Å². The summed E-state index contributed by atoms with van der Waals surface area (Å²) in [5, 5.41) is 6.38. The molecular weight excluding hydrogens is 176 g/mol. The Balaban J connectivity index is 2.42.